The molecular weight excluding hydrogens is 350 g/mol. The molecule has 1 unspecified atom stereocenters. The van der Waals surface area contributed by atoms with Gasteiger partial charge in [-0.05, 0) is 48.2 Å². The number of hydrogen-bond donors (Lipinski definition) is 5. The third-order valence-electron chi connectivity index (χ3n) is 5.69. The Labute approximate surface area is 164 Å². The first-order valence-corrected chi connectivity index (χ1v) is 9.79. The molecule has 28 heavy (non-hydrogen) atoms. The molecule has 0 radical (unpaired) electrons. The summed E-state index contributed by atoms with van der Waals surface area (Å²) in [5.41, 5.74) is 15.0. The summed E-state index contributed by atoms with van der Waals surface area (Å²) in [4.78, 5) is 0. The van der Waals surface area contributed by atoms with Crippen LogP contribution in [0.5, 0.6) is 5.75 Å². The summed E-state index contributed by atoms with van der Waals surface area (Å²) in [6, 6.07) is 14.3. The summed E-state index contributed by atoms with van der Waals surface area (Å²) in [5.74, 6) is 0.278. The molecule has 6 heteroatoms. The second kappa shape index (κ2) is 6.89. The summed E-state index contributed by atoms with van der Waals surface area (Å²) in [5, 5.41) is 19.1. The van der Waals surface area contributed by atoms with Crippen LogP contribution in [-0.2, 0) is 0 Å². The van der Waals surface area contributed by atoms with Crippen molar-refractivity contribution in [3.63, 3.8) is 0 Å². The molecule has 6 nitrogen and oxygen atoms in total. The summed E-state index contributed by atoms with van der Waals surface area (Å²) < 4.78 is 0. The molecule has 0 spiro atoms. The van der Waals surface area contributed by atoms with Gasteiger partial charge in [-0.25, -0.2) is 0 Å². The molecule has 0 saturated carbocycles. The molecule has 0 fully saturated rings. The SMILES string of the molecule is CC1=C2c3ccc(C4=CCNC4)cc3C(Nc3cccc(O)c3)CCN2NN1. The third-order valence-corrected chi connectivity index (χ3v) is 5.69. The molecule has 1 atom stereocenters. The highest BCUT2D eigenvalue weighted by Gasteiger charge is 2.30. The lowest BCUT2D eigenvalue weighted by molar-refractivity contribution is 0.281. The van der Waals surface area contributed by atoms with Gasteiger partial charge in [0, 0.05) is 37.0 Å². The van der Waals surface area contributed by atoms with Crippen molar-refractivity contribution < 1.29 is 5.11 Å². The van der Waals surface area contributed by atoms with Crippen molar-refractivity contribution in [3.05, 3.63) is 70.9 Å². The van der Waals surface area contributed by atoms with E-state index in [0.717, 1.165) is 37.4 Å². The molecule has 2 aromatic carbocycles. The van der Waals surface area contributed by atoms with E-state index in [2.05, 4.69) is 57.8 Å². The number of hydrogen-bond acceptors (Lipinski definition) is 6. The molecule has 0 saturated heterocycles. The van der Waals surface area contributed by atoms with Gasteiger partial charge in [0.1, 0.15) is 5.75 Å². The number of anilines is 1. The largest absolute Gasteiger partial charge is 0.508 e. The Morgan fingerprint density at radius 1 is 1.18 bits per heavy atom. The Kier molecular flexibility index (Phi) is 4.22. The van der Waals surface area contributed by atoms with E-state index in [4.69, 9.17) is 0 Å². The summed E-state index contributed by atoms with van der Waals surface area (Å²) >= 11 is 0. The number of aromatic hydroxyl groups is 1. The van der Waals surface area contributed by atoms with E-state index in [-0.39, 0.29) is 11.8 Å². The lowest BCUT2D eigenvalue weighted by Gasteiger charge is -2.22. The molecule has 3 aliphatic heterocycles. The predicted octanol–water partition coefficient (Wildman–Crippen LogP) is 2.95. The van der Waals surface area contributed by atoms with Gasteiger partial charge in [0.15, 0.2) is 0 Å². The fraction of sp³-hybridized carbons (Fsp3) is 0.273. The van der Waals surface area contributed by atoms with Crippen LogP contribution in [-0.4, -0.2) is 29.7 Å². The number of allylic oxidation sites excluding steroid dienone is 1. The normalized spacial score (nSPS) is 21.0. The standard InChI is InChI=1S/C22H25N5O/c1-14-22-19-6-5-15(16-7-9-23-13-16)11-20(19)21(8-10-27(22)26-25-14)24-17-3-2-4-18(28)12-17/h2-7,11-12,21,23-26,28H,8-10,13H2,1H3. The Morgan fingerprint density at radius 2 is 2.11 bits per heavy atom. The molecule has 0 amide bonds. The highest BCUT2D eigenvalue weighted by atomic mass is 16.3. The van der Waals surface area contributed by atoms with E-state index in [1.54, 1.807) is 12.1 Å². The molecule has 3 heterocycles. The quantitative estimate of drug-likeness (QED) is 0.568. The van der Waals surface area contributed by atoms with Crippen LogP contribution >= 0.6 is 0 Å². The molecule has 2 aromatic rings. The minimum atomic E-state index is 0.152. The number of nitrogens with zero attached hydrogens (tertiary/aromatic N) is 1. The van der Waals surface area contributed by atoms with Gasteiger partial charge < -0.3 is 21.2 Å². The topological polar surface area (TPSA) is 71.6 Å². The van der Waals surface area contributed by atoms with E-state index in [1.807, 2.05) is 12.1 Å². The first-order chi connectivity index (χ1) is 13.7. The second-order valence-electron chi connectivity index (χ2n) is 7.56. The smallest absolute Gasteiger partial charge is 0.117 e. The Hall–Kier alpha value is -2.96. The minimum absolute atomic E-state index is 0.152. The molecule has 5 N–H and O–H groups in total. The van der Waals surface area contributed by atoms with Crippen LogP contribution in [0, 0.1) is 0 Å². The van der Waals surface area contributed by atoms with Crippen molar-refractivity contribution in [2.24, 2.45) is 0 Å². The zero-order chi connectivity index (χ0) is 19.1. The van der Waals surface area contributed by atoms with Gasteiger partial charge in [0.05, 0.1) is 17.4 Å². The molecule has 3 aliphatic rings. The van der Waals surface area contributed by atoms with Gasteiger partial charge in [0.2, 0.25) is 0 Å². The van der Waals surface area contributed by atoms with Gasteiger partial charge in [0.25, 0.3) is 0 Å². The Morgan fingerprint density at radius 3 is 2.93 bits per heavy atom. The maximum atomic E-state index is 9.86. The zero-order valence-electron chi connectivity index (χ0n) is 15.9. The number of phenolic OH excluding ortho intramolecular Hbond substituents is 1. The fourth-order valence-corrected chi connectivity index (χ4v) is 4.31. The number of benzene rings is 2. The van der Waals surface area contributed by atoms with Gasteiger partial charge in [-0.2, -0.15) is 0 Å². The van der Waals surface area contributed by atoms with Gasteiger partial charge in [-0.15, -0.1) is 5.53 Å². The van der Waals surface area contributed by atoms with Crippen LogP contribution in [0.1, 0.15) is 36.1 Å². The molecule has 0 aliphatic carbocycles. The van der Waals surface area contributed by atoms with Crippen molar-refractivity contribution in [1.82, 2.24) is 21.3 Å². The van der Waals surface area contributed by atoms with Crippen molar-refractivity contribution in [2.75, 3.05) is 25.0 Å². The zero-order valence-corrected chi connectivity index (χ0v) is 15.9. The Bertz CT molecular complexity index is 981. The summed E-state index contributed by atoms with van der Waals surface area (Å²) in [7, 11) is 0. The maximum Gasteiger partial charge on any atom is 0.117 e. The maximum absolute atomic E-state index is 9.86. The van der Waals surface area contributed by atoms with Crippen LogP contribution in [0.25, 0.3) is 11.3 Å². The number of phenols is 1. The summed E-state index contributed by atoms with van der Waals surface area (Å²) in [6.45, 7) is 4.83. The minimum Gasteiger partial charge on any atom is -0.508 e. The molecule has 144 valence electrons. The van der Waals surface area contributed by atoms with Gasteiger partial charge in [-0.1, -0.05) is 24.3 Å². The molecule has 5 rings (SSSR count). The number of nitrogens with one attached hydrogen (secondary N) is 4. The first-order valence-electron chi connectivity index (χ1n) is 9.79. The monoisotopic (exact) mass is 375 g/mol. The van der Waals surface area contributed by atoms with E-state index >= 15 is 0 Å². The lowest BCUT2D eigenvalue weighted by Crippen LogP contribution is -2.37. The van der Waals surface area contributed by atoms with E-state index in [9.17, 15) is 5.11 Å². The number of fused-ring (bicyclic) bond motifs is 3. The van der Waals surface area contributed by atoms with Gasteiger partial charge in [-0.3, -0.25) is 5.01 Å². The van der Waals surface area contributed by atoms with Crippen molar-refractivity contribution in [3.8, 4) is 5.75 Å². The molecule has 0 bridgehead atoms. The van der Waals surface area contributed by atoms with E-state index in [1.165, 1.54) is 28.0 Å². The number of hydrazine groups is 2. The van der Waals surface area contributed by atoms with Crippen LogP contribution < -0.4 is 21.6 Å². The van der Waals surface area contributed by atoms with Gasteiger partial charge >= 0.3 is 0 Å². The Balaban J connectivity index is 1.59. The van der Waals surface area contributed by atoms with Crippen LogP contribution in [0.15, 0.2) is 54.2 Å². The summed E-state index contributed by atoms with van der Waals surface area (Å²) in [6.07, 6.45) is 3.21. The average Bonchev–Trinajstić information content (AvgIpc) is 3.32. The van der Waals surface area contributed by atoms with Crippen molar-refractivity contribution >= 4 is 17.0 Å². The highest BCUT2D eigenvalue weighted by Crippen LogP contribution is 2.38. The van der Waals surface area contributed by atoms with Crippen LogP contribution in [0.3, 0.4) is 0 Å². The molecule has 0 aromatic heterocycles. The molecular formula is C22H25N5O. The van der Waals surface area contributed by atoms with Crippen LogP contribution in [0.4, 0.5) is 5.69 Å². The highest BCUT2D eigenvalue weighted by molar-refractivity contribution is 5.76. The lowest BCUT2D eigenvalue weighted by atomic mass is 9.92. The predicted molar refractivity (Wildman–Crippen MR) is 112 cm³/mol. The van der Waals surface area contributed by atoms with E-state index < -0.39 is 0 Å². The second-order valence-corrected chi connectivity index (χ2v) is 7.56. The first kappa shape index (κ1) is 17.2. The van der Waals surface area contributed by atoms with Crippen LogP contribution in [0.2, 0.25) is 0 Å². The fourth-order valence-electron chi connectivity index (χ4n) is 4.31. The number of rotatable bonds is 3. The van der Waals surface area contributed by atoms with Crippen molar-refractivity contribution in [1.29, 1.82) is 0 Å². The van der Waals surface area contributed by atoms with E-state index in [0.29, 0.717) is 0 Å². The third kappa shape index (κ3) is 3.00. The van der Waals surface area contributed by atoms with Crippen molar-refractivity contribution in [2.45, 2.75) is 19.4 Å². The average molecular weight is 375 g/mol.